The second-order valence-electron chi connectivity index (χ2n) is 9.10. The topological polar surface area (TPSA) is 66.5 Å². The van der Waals surface area contributed by atoms with Crippen LogP contribution in [0.2, 0.25) is 0 Å². The number of piperidine rings is 1. The van der Waals surface area contributed by atoms with Gasteiger partial charge in [-0.25, -0.2) is 12.7 Å². The van der Waals surface area contributed by atoms with Crippen molar-refractivity contribution in [1.82, 2.24) is 9.62 Å². The molecular formula is C26H36N2O3S. The van der Waals surface area contributed by atoms with Gasteiger partial charge in [-0.3, -0.25) is 4.79 Å². The number of nitrogens with zero attached hydrogens (tertiary/aromatic N) is 1. The maximum absolute atomic E-state index is 12.9. The lowest BCUT2D eigenvalue weighted by Crippen LogP contribution is -2.44. The number of amides is 1. The predicted molar refractivity (Wildman–Crippen MR) is 130 cm³/mol. The maximum Gasteiger partial charge on any atom is 0.223 e. The lowest BCUT2D eigenvalue weighted by atomic mass is 9.94. The van der Waals surface area contributed by atoms with Crippen molar-refractivity contribution in [2.75, 3.05) is 18.8 Å². The Morgan fingerprint density at radius 1 is 1.03 bits per heavy atom. The van der Waals surface area contributed by atoms with Gasteiger partial charge in [0.1, 0.15) is 0 Å². The number of carbonyl (C=O) groups excluding carboxylic acids is 1. The lowest BCUT2D eigenvalue weighted by Gasteiger charge is -2.31. The number of carbonyl (C=O) groups is 1. The normalized spacial score (nSPS) is 16.6. The van der Waals surface area contributed by atoms with Gasteiger partial charge in [-0.05, 0) is 81.2 Å². The molecule has 0 aromatic heterocycles. The Balaban J connectivity index is 1.49. The zero-order valence-electron chi connectivity index (χ0n) is 19.7. The van der Waals surface area contributed by atoms with Gasteiger partial charge < -0.3 is 5.32 Å². The van der Waals surface area contributed by atoms with Gasteiger partial charge in [0.25, 0.3) is 0 Å². The fourth-order valence-electron chi connectivity index (χ4n) is 4.49. The second kappa shape index (κ2) is 10.6. The summed E-state index contributed by atoms with van der Waals surface area (Å²) in [5, 5.41) is 3.15. The smallest absolute Gasteiger partial charge is 0.223 e. The molecule has 0 saturated carbocycles. The van der Waals surface area contributed by atoms with Crippen molar-refractivity contribution in [2.24, 2.45) is 5.92 Å². The van der Waals surface area contributed by atoms with E-state index in [0.717, 1.165) is 17.5 Å². The number of hydrogen-bond donors (Lipinski definition) is 1. The largest absolute Gasteiger partial charge is 0.349 e. The minimum atomic E-state index is -3.28. The molecule has 0 unspecified atom stereocenters. The average molecular weight is 457 g/mol. The molecule has 0 radical (unpaired) electrons. The molecule has 1 amide bonds. The SMILES string of the molecule is Cc1cc(C)c([C@H](C)NC(=O)C2CCN(S(=O)(=O)CCCc3ccccc3)CC2)cc1C. The van der Waals surface area contributed by atoms with E-state index in [9.17, 15) is 13.2 Å². The molecule has 1 atom stereocenters. The highest BCUT2D eigenvalue weighted by molar-refractivity contribution is 7.89. The van der Waals surface area contributed by atoms with Crippen molar-refractivity contribution < 1.29 is 13.2 Å². The minimum Gasteiger partial charge on any atom is -0.349 e. The van der Waals surface area contributed by atoms with Crippen LogP contribution in [0.5, 0.6) is 0 Å². The summed E-state index contributed by atoms with van der Waals surface area (Å²) in [5.74, 6) is 0.0401. The van der Waals surface area contributed by atoms with Crippen LogP contribution in [0.4, 0.5) is 0 Å². The summed E-state index contributed by atoms with van der Waals surface area (Å²) in [4.78, 5) is 12.9. The third-order valence-electron chi connectivity index (χ3n) is 6.64. The quantitative estimate of drug-likeness (QED) is 0.638. The highest BCUT2D eigenvalue weighted by Gasteiger charge is 2.31. The highest BCUT2D eigenvalue weighted by atomic mass is 32.2. The number of hydrogen-bond acceptors (Lipinski definition) is 3. The Morgan fingerprint density at radius 3 is 2.31 bits per heavy atom. The summed E-state index contributed by atoms with van der Waals surface area (Å²) in [6.45, 7) is 9.11. The second-order valence-corrected chi connectivity index (χ2v) is 11.2. The van der Waals surface area contributed by atoms with E-state index in [1.54, 1.807) is 4.31 Å². The molecule has 6 heteroatoms. The van der Waals surface area contributed by atoms with E-state index < -0.39 is 10.0 Å². The zero-order chi connectivity index (χ0) is 23.3. The third-order valence-corrected chi connectivity index (χ3v) is 8.59. The van der Waals surface area contributed by atoms with Crippen molar-refractivity contribution in [2.45, 2.75) is 59.4 Å². The molecule has 1 aliphatic heterocycles. The van der Waals surface area contributed by atoms with Gasteiger partial charge in [0.05, 0.1) is 11.8 Å². The standard InChI is InChI=1S/C26H36N2O3S/c1-19-17-21(3)25(18-20(19)2)22(4)27-26(29)24-12-14-28(15-13-24)32(30,31)16-8-11-23-9-6-5-7-10-23/h5-7,9-10,17-18,22,24H,8,11-16H2,1-4H3,(H,27,29)/t22-/m0/s1. The maximum atomic E-state index is 12.9. The van der Waals surface area contributed by atoms with Crippen LogP contribution in [0.3, 0.4) is 0 Å². The average Bonchev–Trinajstić information content (AvgIpc) is 2.77. The van der Waals surface area contributed by atoms with Crippen LogP contribution >= 0.6 is 0 Å². The fourth-order valence-corrected chi connectivity index (χ4v) is 6.02. The van der Waals surface area contributed by atoms with Crippen LogP contribution < -0.4 is 5.32 Å². The van der Waals surface area contributed by atoms with Crippen molar-refractivity contribution in [3.05, 3.63) is 70.3 Å². The number of sulfonamides is 1. The van der Waals surface area contributed by atoms with Gasteiger partial charge in [0.15, 0.2) is 0 Å². The molecule has 32 heavy (non-hydrogen) atoms. The Labute approximate surface area is 193 Å². The van der Waals surface area contributed by atoms with E-state index in [4.69, 9.17) is 0 Å². The van der Waals surface area contributed by atoms with Crippen molar-refractivity contribution in [1.29, 1.82) is 0 Å². The van der Waals surface area contributed by atoms with Gasteiger partial charge in [-0.2, -0.15) is 0 Å². The molecule has 174 valence electrons. The summed E-state index contributed by atoms with van der Waals surface area (Å²) >= 11 is 0. The summed E-state index contributed by atoms with van der Waals surface area (Å²) in [7, 11) is -3.28. The van der Waals surface area contributed by atoms with E-state index in [-0.39, 0.29) is 23.6 Å². The molecule has 2 aromatic rings. The lowest BCUT2D eigenvalue weighted by molar-refractivity contribution is -0.126. The Bertz CT molecular complexity index is 1030. The Kier molecular flexibility index (Phi) is 8.12. The van der Waals surface area contributed by atoms with Crippen molar-refractivity contribution in [3.63, 3.8) is 0 Å². The predicted octanol–water partition coefficient (Wildman–Crippen LogP) is 4.46. The molecule has 1 fully saturated rings. The van der Waals surface area contributed by atoms with E-state index in [1.807, 2.05) is 37.3 Å². The number of nitrogens with one attached hydrogen (secondary N) is 1. The van der Waals surface area contributed by atoms with Crippen molar-refractivity contribution in [3.8, 4) is 0 Å². The van der Waals surface area contributed by atoms with Gasteiger partial charge in [-0.15, -0.1) is 0 Å². The molecule has 5 nitrogen and oxygen atoms in total. The Hall–Kier alpha value is -2.18. The van der Waals surface area contributed by atoms with E-state index >= 15 is 0 Å². The molecule has 2 aromatic carbocycles. The first kappa shape index (κ1) is 24.5. The minimum absolute atomic E-state index is 0.0243. The van der Waals surface area contributed by atoms with Crippen LogP contribution in [0.15, 0.2) is 42.5 Å². The molecule has 1 N–H and O–H groups in total. The summed E-state index contributed by atoms with van der Waals surface area (Å²) in [5.41, 5.74) is 5.95. The van der Waals surface area contributed by atoms with E-state index in [1.165, 1.54) is 16.7 Å². The van der Waals surface area contributed by atoms with Crippen LogP contribution in [0.1, 0.15) is 60.0 Å². The van der Waals surface area contributed by atoms with Gasteiger partial charge in [-0.1, -0.05) is 42.5 Å². The van der Waals surface area contributed by atoms with Crippen LogP contribution in [-0.2, 0) is 21.2 Å². The molecule has 1 aliphatic rings. The van der Waals surface area contributed by atoms with Crippen LogP contribution in [-0.4, -0.2) is 37.5 Å². The van der Waals surface area contributed by atoms with Crippen molar-refractivity contribution >= 4 is 15.9 Å². The molecular weight excluding hydrogens is 420 g/mol. The van der Waals surface area contributed by atoms with Gasteiger partial charge in [0, 0.05) is 19.0 Å². The number of aryl methyl sites for hydroxylation is 4. The molecule has 0 spiro atoms. The summed E-state index contributed by atoms with van der Waals surface area (Å²) in [6, 6.07) is 14.2. The van der Waals surface area contributed by atoms with Gasteiger partial charge in [0.2, 0.25) is 15.9 Å². The first-order chi connectivity index (χ1) is 15.2. The molecule has 1 saturated heterocycles. The molecule has 3 rings (SSSR count). The van der Waals surface area contributed by atoms with Crippen LogP contribution in [0, 0.1) is 26.7 Å². The van der Waals surface area contributed by atoms with E-state index in [2.05, 4.69) is 38.2 Å². The molecule has 0 bridgehead atoms. The first-order valence-electron chi connectivity index (χ1n) is 11.6. The summed E-state index contributed by atoms with van der Waals surface area (Å²) in [6.07, 6.45) is 2.51. The number of benzene rings is 2. The number of rotatable bonds is 8. The van der Waals surface area contributed by atoms with Gasteiger partial charge >= 0.3 is 0 Å². The zero-order valence-corrected chi connectivity index (χ0v) is 20.5. The molecule has 1 heterocycles. The fraction of sp³-hybridized carbons (Fsp3) is 0.500. The molecule has 0 aliphatic carbocycles. The monoisotopic (exact) mass is 456 g/mol. The Morgan fingerprint density at radius 2 is 1.66 bits per heavy atom. The van der Waals surface area contributed by atoms with E-state index in [0.29, 0.717) is 32.4 Å². The first-order valence-corrected chi connectivity index (χ1v) is 13.2. The highest BCUT2D eigenvalue weighted by Crippen LogP contribution is 2.25. The third kappa shape index (κ3) is 6.20. The summed E-state index contributed by atoms with van der Waals surface area (Å²) < 4.78 is 27.0. The van der Waals surface area contributed by atoms with Crippen LogP contribution in [0.25, 0.3) is 0 Å².